The minimum atomic E-state index is -1.46. The van der Waals surface area contributed by atoms with Crippen LogP contribution in [0, 0.1) is 16.7 Å². The number of benzene rings is 2. The Bertz CT molecular complexity index is 791. The van der Waals surface area contributed by atoms with Crippen LogP contribution in [0.1, 0.15) is 11.1 Å². The molecule has 2 aromatic carbocycles. The average Bonchev–Trinajstić information content (AvgIpc) is 2.68. The topological polar surface area (TPSA) is 62.1 Å². The first-order chi connectivity index (χ1) is 11.7. The number of carbonyl (C=O) groups excluding carboxylic acids is 1. The van der Waals surface area contributed by atoms with Gasteiger partial charge in [0, 0.05) is 11.4 Å². The molecule has 0 amide bonds. The largest absolute Gasteiger partial charge is 0.467 e. The summed E-state index contributed by atoms with van der Waals surface area (Å²) in [6, 6.07) is 21.3. The first-order valence-electron chi connectivity index (χ1n) is 7.52. The van der Waals surface area contributed by atoms with Crippen LogP contribution in [0.5, 0.6) is 0 Å². The second-order valence-corrected chi connectivity index (χ2v) is 5.45. The molecule has 0 aliphatic carbocycles. The van der Waals surface area contributed by atoms with Crippen molar-refractivity contribution in [1.29, 1.82) is 5.26 Å². The first kappa shape index (κ1) is 15.6. The Labute approximate surface area is 140 Å². The molecule has 4 nitrogen and oxygen atoms in total. The smallest absolute Gasteiger partial charge is 0.334 e. The molecule has 4 heteroatoms. The van der Waals surface area contributed by atoms with Crippen LogP contribution in [0.4, 0.5) is 0 Å². The van der Waals surface area contributed by atoms with Crippen LogP contribution in [0.2, 0.25) is 0 Å². The summed E-state index contributed by atoms with van der Waals surface area (Å²) in [5, 5.41) is 13.0. The number of nitrogens with zero attached hydrogens (tertiary/aromatic N) is 1. The Kier molecular flexibility index (Phi) is 4.17. The summed E-state index contributed by atoms with van der Waals surface area (Å²) < 4.78 is 4.87. The molecule has 0 fully saturated rings. The van der Waals surface area contributed by atoms with Crippen LogP contribution in [0.25, 0.3) is 11.4 Å². The van der Waals surface area contributed by atoms with E-state index in [1.165, 1.54) is 7.11 Å². The van der Waals surface area contributed by atoms with Gasteiger partial charge in [-0.15, -0.1) is 0 Å². The highest BCUT2D eigenvalue weighted by Gasteiger charge is 2.39. The van der Waals surface area contributed by atoms with Crippen LogP contribution in [0.3, 0.4) is 0 Å². The van der Waals surface area contributed by atoms with E-state index in [1.807, 2.05) is 60.7 Å². The minimum Gasteiger partial charge on any atom is -0.467 e. The molecule has 1 aliphatic rings. The van der Waals surface area contributed by atoms with E-state index in [2.05, 4.69) is 11.4 Å². The third-order valence-electron chi connectivity index (χ3n) is 3.89. The molecule has 0 atom stereocenters. The van der Waals surface area contributed by atoms with Gasteiger partial charge in [-0.3, -0.25) is 0 Å². The highest BCUT2D eigenvalue weighted by Crippen LogP contribution is 2.35. The third-order valence-corrected chi connectivity index (χ3v) is 3.89. The second kappa shape index (κ2) is 6.43. The molecule has 0 saturated carbocycles. The Morgan fingerprint density at radius 1 is 0.958 bits per heavy atom. The summed E-state index contributed by atoms with van der Waals surface area (Å²) >= 11 is 0. The summed E-state index contributed by atoms with van der Waals surface area (Å²) in [5.41, 5.74) is 1.72. The van der Waals surface area contributed by atoms with E-state index < -0.39 is 11.4 Å². The van der Waals surface area contributed by atoms with Crippen LogP contribution in [-0.4, -0.2) is 13.1 Å². The highest BCUT2D eigenvalue weighted by molar-refractivity contribution is 5.93. The van der Waals surface area contributed by atoms with Crippen molar-refractivity contribution in [2.24, 2.45) is 5.41 Å². The second-order valence-electron chi connectivity index (χ2n) is 5.45. The van der Waals surface area contributed by atoms with E-state index >= 15 is 0 Å². The lowest BCUT2D eigenvalue weighted by Gasteiger charge is -2.27. The van der Waals surface area contributed by atoms with E-state index in [-0.39, 0.29) is 0 Å². The molecule has 2 aromatic rings. The molecular formula is C20H16N2O2. The van der Waals surface area contributed by atoms with Gasteiger partial charge >= 0.3 is 5.97 Å². The summed E-state index contributed by atoms with van der Waals surface area (Å²) in [7, 11) is 1.29. The molecule has 0 bridgehead atoms. The van der Waals surface area contributed by atoms with Crippen molar-refractivity contribution in [2.45, 2.75) is 0 Å². The Balaban J connectivity index is 2.15. The lowest BCUT2D eigenvalue weighted by atomic mass is 9.83. The molecule has 1 aliphatic heterocycles. The number of rotatable bonds is 3. The Hall–Kier alpha value is -3.32. The molecule has 1 heterocycles. The highest BCUT2D eigenvalue weighted by atomic mass is 16.5. The molecule has 0 aromatic heterocycles. The van der Waals surface area contributed by atoms with Crippen molar-refractivity contribution in [3.8, 4) is 6.07 Å². The molecule has 0 spiro atoms. The van der Waals surface area contributed by atoms with E-state index in [1.54, 1.807) is 12.2 Å². The predicted octanol–water partition coefficient (Wildman–Crippen LogP) is 3.35. The van der Waals surface area contributed by atoms with Crippen molar-refractivity contribution in [3.63, 3.8) is 0 Å². The molecule has 24 heavy (non-hydrogen) atoms. The zero-order valence-electron chi connectivity index (χ0n) is 13.2. The fraction of sp³-hybridized carbons (Fsp3) is 0.100. The maximum absolute atomic E-state index is 12.3. The normalized spacial score (nSPS) is 15.3. The zero-order valence-corrected chi connectivity index (χ0v) is 13.2. The number of ether oxygens (including phenoxy) is 1. The van der Waals surface area contributed by atoms with Gasteiger partial charge in [-0.05, 0) is 23.3 Å². The first-order valence-corrected chi connectivity index (χ1v) is 7.52. The lowest BCUT2D eigenvalue weighted by Crippen LogP contribution is -2.32. The minimum absolute atomic E-state index is 0.603. The SMILES string of the molecule is COC(=O)C1(C#N)C=C(c2ccccc2)NC(c2ccccc2)=C1. The number of nitrogens with one attached hydrogen (secondary N) is 1. The number of esters is 1. The molecule has 118 valence electrons. The van der Waals surface area contributed by atoms with E-state index in [9.17, 15) is 10.1 Å². The van der Waals surface area contributed by atoms with Gasteiger partial charge in [-0.25, -0.2) is 4.79 Å². The molecule has 3 rings (SSSR count). The number of nitriles is 1. The average molecular weight is 316 g/mol. The van der Waals surface area contributed by atoms with Crippen molar-refractivity contribution in [3.05, 3.63) is 83.9 Å². The molecule has 1 N–H and O–H groups in total. The van der Waals surface area contributed by atoms with E-state index in [4.69, 9.17) is 4.74 Å². The zero-order chi connectivity index (χ0) is 17.0. The van der Waals surface area contributed by atoms with Crippen molar-refractivity contribution in [2.75, 3.05) is 7.11 Å². The molecule has 0 radical (unpaired) electrons. The van der Waals surface area contributed by atoms with Gasteiger partial charge in [0.25, 0.3) is 0 Å². The predicted molar refractivity (Wildman–Crippen MR) is 92.0 cm³/mol. The van der Waals surface area contributed by atoms with E-state index in [0.717, 1.165) is 11.1 Å². The molecule has 0 unspecified atom stereocenters. The van der Waals surface area contributed by atoms with Gasteiger partial charge in [-0.1, -0.05) is 60.7 Å². The van der Waals surface area contributed by atoms with E-state index in [0.29, 0.717) is 11.4 Å². The Morgan fingerprint density at radius 2 is 1.42 bits per heavy atom. The maximum atomic E-state index is 12.3. The number of methoxy groups -OCH3 is 1. The Morgan fingerprint density at radius 3 is 1.79 bits per heavy atom. The summed E-state index contributed by atoms with van der Waals surface area (Å²) in [4.78, 5) is 12.3. The summed E-state index contributed by atoms with van der Waals surface area (Å²) in [5.74, 6) is -0.603. The van der Waals surface area contributed by atoms with Crippen LogP contribution in [0.15, 0.2) is 72.8 Å². The van der Waals surface area contributed by atoms with Gasteiger partial charge in [-0.2, -0.15) is 5.26 Å². The summed E-state index contributed by atoms with van der Waals surface area (Å²) in [6.45, 7) is 0. The fourth-order valence-electron chi connectivity index (χ4n) is 2.66. The van der Waals surface area contributed by atoms with Crippen LogP contribution >= 0.6 is 0 Å². The number of carbonyl (C=O) groups is 1. The van der Waals surface area contributed by atoms with Crippen molar-refractivity contribution in [1.82, 2.24) is 5.32 Å². The number of hydrogen-bond acceptors (Lipinski definition) is 4. The van der Waals surface area contributed by atoms with Crippen molar-refractivity contribution < 1.29 is 9.53 Å². The molecular weight excluding hydrogens is 300 g/mol. The lowest BCUT2D eigenvalue weighted by molar-refractivity contribution is -0.145. The summed E-state index contributed by atoms with van der Waals surface area (Å²) in [6.07, 6.45) is 3.22. The van der Waals surface area contributed by atoms with Crippen molar-refractivity contribution >= 4 is 17.4 Å². The van der Waals surface area contributed by atoms with Gasteiger partial charge in [0.15, 0.2) is 5.41 Å². The van der Waals surface area contributed by atoms with Gasteiger partial charge in [0.05, 0.1) is 13.2 Å². The maximum Gasteiger partial charge on any atom is 0.334 e. The van der Waals surface area contributed by atoms with Gasteiger partial charge < -0.3 is 10.1 Å². The third kappa shape index (κ3) is 2.80. The monoisotopic (exact) mass is 316 g/mol. The number of dihydropyridines is 1. The quantitative estimate of drug-likeness (QED) is 0.882. The van der Waals surface area contributed by atoms with Crippen LogP contribution < -0.4 is 5.32 Å². The number of hydrogen-bond donors (Lipinski definition) is 1. The van der Waals surface area contributed by atoms with Gasteiger partial charge in [0.2, 0.25) is 0 Å². The van der Waals surface area contributed by atoms with Crippen LogP contribution in [-0.2, 0) is 9.53 Å². The molecule has 0 saturated heterocycles. The standard InChI is InChI=1S/C20H16N2O2/c1-24-19(23)20(14-21)12-17(15-8-4-2-5-9-15)22-18(13-20)16-10-6-3-7-11-16/h2-13,22H,1H3. The van der Waals surface area contributed by atoms with Gasteiger partial charge in [0.1, 0.15) is 0 Å². The fourth-order valence-corrected chi connectivity index (χ4v) is 2.66.